The number of methoxy groups -OCH3 is 1. The zero-order valence-corrected chi connectivity index (χ0v) is 21.4. The maximum atomic E-state index is 13.4. The summed E-state index contributed by atoms with van der Waals surface area (Å²) in [6, 6.07) is 20.8. The molecule has 0 radical (unpaired) electrons. The molecule has 1 heterocycles. The standard InChI is InChI=1S/C29H40N4O3/c1-36-21-28(34)33-20-26(18-27(33)29(35)31-25-14-12-24(30)13-15-25)32(19-23-10-6-3-7-11-23)17-16-22-8-4-2-5-9-22/h2-11,24-27H,12-21,30H2,1H3,(H,31,35). The zero-order valence-electron chi connectivity index (χ0n) is 21.4. The molecule has 7 nitrogen and oxygen atoms in total. The number of hydrogen-bond acceptors (Lipinski definition) is 5. The Morgan fingerprint density at radius 2 is 1.64 bits per heavy atom. The third-order valence-corrected chi connectivity index (χ3v) is 7.56. The van der Waals surface area contributed by atoms with E-state index in [1.807, 2.05) is 12.1 Å². The van der Waals surface area contributed by atoms with Crippen LogP contribution in [-0.2, 0) is 27.3 Å². The Labute approximate surface area is 215 Å². The highest BCUT2D eigenvalue weighted by molar-refractivity contribution is 5.89. The maximum Gasteiger partial charge on any atom is 0.249 e. The molecule has 0 spiro atoms. The third kappa shape index (κ3) is 7.15. The van der Waals surface area contributed by atoms with Gasteiger partial charge in [-0.05, 0) is 49.7 Å². The van der Waals surface area contributed by atoms with Crippen LogP contribution in [-0.4, -0.2) is 72.6 Å². The minimum absolute atomic E-state index is 0.0164. The first kappa shape index (κ1) is 26.3. The molecule has 36 heavy (non-hydrogen) atoms. The van der Waals surface area contributed by atoms with Crippen molar-refractivity contribution >= 4 is 11.8 Å². The number of carbonyl (C=O) groups excluding carboxylic acids is 2. The largest absolute Gasteiger partial charge is 0.375 e. The molecule has 2 atom stereocenters. The summed E-state index contributed by atoms with van der Waals surface area (Å²) in [6.07, 6.45) is 5.17. The lowest BCUT2D eigenvalue weighted by Gasteiger charge is -2.30. The van der Waals surface area contributed by atoms with Crippen LogP contribution in [0.2, 0.25) is 0 Å². The van der Waals surface area contributed by atoms with Crippen LogP contribution in [0.5, 0.6) is 0 Å². The number of hydrogen-bond donors (Lipinski definition) is 2. The van der Waals surface area contributed by atoms with E-state index in [2.05, 4.69) is 58.7 Å². The lowest BCUT2D eigenvalue weighted by molar-refractivity contribution is -0.141. The van der Waals surface area contributed by atoms with Gasteiger partial charge in [0.05, 0.1) is 0 Å². The first-order valence-electron chi connectivity index (χ1n) is 13.2. The van der Waals surface area contributed by atoms with Gasteiger partial charge in [0.2, 0.25) is 11.8 Å². The number of nitrogens with zero attached hydrogens (tertiary/aromatic N) is 2. The van der Waals surface area contributed by atoms with Crippen LogP contribution in [0.3, 0.4) is 0 Å². The Balaban J connectivity index is 1.49. The van der Waals surface area contributed by atoms with Crippen molar-refractivity contribution in [3.8, 4) is 0 Å². The van der Waals surface area contributed by atoms with Crippen LogP contribution in [0.4, 0.5) is 0 Å². The fourth-order valence-corrected chi connectivity index (χ4v) is 5.50. The van der Waals surface area contributed by atoms with Crippen LogP contribution >= 0.6 is 0 Å². The molecular weight excluding hydrogens is 452 g/mol. The van der Waals surface area contributed by atoms with Gasteiger partial charge in [-0.2, -0.15) is 0 Å². The number of nitrogens with one attached hydrogen (secondary N) is 1. The van der Waals surface area contributed by atoms with E-state index in [0.717, 1.165) is 45.2 Å². The molecule has 2 aromatic carbocycles. The smallest absolute Gasteiger partial charge is 0.249 e. The summed E-state index contributed by atoms with van der Waals surface area (Å²) >= 11 is 0. The molecule has 2 aromatic rings. The normalized spacial score (nSPS) is 24.1. The SMILES string of the molecule is COCC(=O)N1CC(N(CCc2ccccc2)Cc2ccccc2)CC1C(=O)NC1CCC(N)CC1. The van der Waals surface area contributed by atoms with E-state index >= 15 is 0 Å². The van der Waals surface area contributed by atoms with Crippen LogP contribution in [0.1, 0.15) is 43.2 Å². The topological polar surface area (TPSA) is 87.9 Å². The fraction of sp³-hybridized carbons (Fsp3) is 0.517. The Morgan fingerprint density at radius 3 is 2.28 bits per heavy atom. The summed E-state index contributed by atoms with van der Waals surface area (Å²) in [4.78, 5) is 30.6. The minimum atomic E-state index is -0.483. The minimum Gasteiger partial charge on any atom is -0.375 e. The van der Waals surface area contributed by atoms with Gasteiger partial charge >= 0.3 is 0 Å². The predicted octanol–water partition coefficient (Wildman–Crippen LogP) is 2.73. The number of ether oxygens (including phenoxy) is 1. The molecule has 0 bridgehead atoms. The highest BCUT2D eigenvalue weighted by atomic mass is 16.5. The Bertz CT molecular complexity index is 963. The number of benzene rings is 2. The van der Waals surface area contributed by atoms with E-state index in [4.69, 9.17) is 10.5 Å². The van der Waals surface area contributed by atoms with Crippen molar-refractivity contribution in [2.75, 3.05) is 26.8 Å². The van der Waals surface area contributed by atoms with E-state index in [1.165, 1.54) is 18.2 Å². The number of amides is 2. The van der Waals surface area contributed by atoms with Gasteiger partial charge in [0.1, 0.15) is 12.6 Å². The molecule has 2 unspecified atom stereocenters. The Kier molecular flexibility index (Phi) is 9.50. The van der Waals surface area contributed by atoms with Crippen molar-refractivity contribution in [3.05, 3.63) is 71.8 Å². The van der Waals surface area contributed by atoms with E-state index in [1.54, 1.807) is 4.90 Å². The van der Waals surface area contributed by atoms with Crippen molar-refractivity contribution in [3.63, 3.8) is 0 Å². The molecule has 2 fully saturated rings. The molecule has 7 heteroatoms. The highest BCUT2D eigenvalue weighted by Crippen LogP contribution is 2.26. The highest BCUT2D eigenvalue weighted by Gasteiger charge is 2.42. The molecular formula is C29H40N4O3. The summed E-state index contributed by atoms with van der Waals surface area (Å²) in [6.45, 7) is 2.14. The van der Waals surface area contributed by atoms with Gasteiger partial charge in [0.15, 0.2) is 0 Å². The first-order valence-corrected chi connectivity index (χ1v) is 13.2. The van der Waals surface area contributed by atoms with Gasteiger partial charge in [-0.3, -0.25) is 14.5 Å². The molecule has 1 saturated heterocycles. The van der Waals surface area contributed by atoms with Crippen LogP contribution in [0.15, 0.2) is 60.7 Å². The van der Waals surface area contributed by atoms with E-state index < -0.39 is 6.04 Å². The first-order chi connectivity index (χ1) is 17.5. The van der Waals surface area contributed by atoms with Gasteiger partial charge in [0.25, 0.3) is 0 Å². The zero-order chi connectivity index (χ0) is 25.3. The molecule has 4 rings (SSSR count). The molecule has 1 aliphatic heterocycles. The summed E-state index contributed by atoms with van der Waals surface area (Å²) in [5.41, 5.74) is 8.56. The fourth-order valence-electron chi connectivity index (χ4n) is 5.50. The molecule has 2 aliphatic rings. The molecule has 0 aromatic heterocycles. The van der Waals surface area contributed by atoms with Crippen LogP contribution in [0, 0.1) is 0 Å². The average molecular weight is 493 g/mol. The molecule has 1 aliphatic carbocycles. The summed E-state index contributed by atoms with van der Waals surface area (Å²) in [5.74, 6) is -0.182. The Hall–Kier alpha value is -2.74. The summed E-state index contributed by atoms with van der Waals surface area (Å²) in [5, 5.41) is 3.23. The second-order valence-corrected chi connectivity index (χ2v) is 10.2. The van der Waals surface area contributed by atoms with Gasteiger partial charge in [0, 0.05) is 44.9 Å². The molecule has 1 saturated carbocycles. The monoisotopic (exact) mass is 492 g/mol. The molecule has 2 amide bonds. The van der Waals surface area contributed by atoms with Crippen molar-refractivity contribution in [1.82, 2.24) is 15.1 Å². The predicted molar refractivity (Wildman–Crippen MR) is 141 cm³/mol. The molecule has 3 N–H and O–H groups in total. The maximum absolute atomic E-state index is 13.4. The number of carbonyl (C=O) groups is 2. The summed E-state index contributed by atoms with van der Waals surface area (Å²) in [7, 11) is 1.52. The Morgan fingerprint density at radius 1 is 1.00 bits per heavy atom. The van der Waals surface area contributed by atoms with Crippen molar-refractivity contribution in [2.24, 2.45) is 5.73 Å². The average Bonchev–Trinajstić information content (AvgIpc) is 3.35. The summed E-state index contributed by atoms with van der Waals surface area (Å²) < 4.78 is 5.15. The second kappa shape index (κ2) is 13.0. The van der Waals surface area contributed by atoms with Crippen molar-refractivity contribution in [1.29, 1.82) is 0 Å². The van der Waals surface area contributed by atoms with E-state index in [9.17, 15) is 9.59 Å². The quantitative estimate of drug-likeness (QED) is 0.533. The lowest BCUT2D eigenvalue weighted by atomic mass is 9.91. The second-order valence-electron chi connectivity index (χ2n) is 10.2. The lowest BCUT2D eigenvalue weighted by Crippen LogP contribution is -2.50. The van der Waals surface area contributed by atoms with E-state index in [-0.39, 0.29) is 36.5 Å². The number of likely N-dealkylation sites (tertiary alicyclic amines) is 1. The van der Waals surface area contributed by atoms with Gasteiger partial charge in [-0.25, -0.2) is 0 Å². The number of rotatable bonds is 10. The van der Waals surface area contributed by atoms with Crippen molar-refractivity contribution < 1.29 is 14.3 Å². The third-order valence-electron chi connectivity index (χ3n) is 7.56. The van der Waals surface area contributed by atoms with Gasteiger partial charge in [-0.1, -0.05) is 60.7 Å². The number of nitrogens with two attached hydrogens (primary N) is 1. The van der Waals surface area contributed by atoms with Crippen molar-refractivity contribution in [2.45, 2.75) is 69.2 Å². The van der Waals surface area contributed by atoms with Gasteiger partial charge < -0.3 is 20.7 Å². The van der Waals surface area contributed by atoms with Crippen LogP contribution < -0.4 is 11.1 Å². The van der Waals surface area contributed by atoms with E-state index in [0.29, 0.717) is 13.0 Å². The van der Waals surface area contributed by atoms with Crippen LogP contribution in [0.25, 0.3) is 0 Å². The van der Waals surface area contributed by atoms with Gasteiger partial charge in [-0.15, -0.1) is 0 Å². The molecule has 194 valence electrons.